The summed E-state index contributed by atoms with van der Waals surface area (Å²) in [6.45, 7) is 0. The van der Waals surface area contributed by atoms with Crippen LogP contribution >= 0.6 is 15.9 Å². The number of esters is 1. The largest absolute Gasteiger partial charge is 0.469 e. The molecule has 0 saturated carbocycles. The minimum Gasteiger partial charge on any atom is -0.469 e. The van der Waals surface area contributed by atoms with Gasteiger partial charge in [-0.2, -0.15) is 0 Å². The normalized spacial score (nSPS) is 10.2. The lowest BCUT2D eigenvalue weighted by atomic mass is 10.1. The maximum Gasteiger partial charge on any atom is 0.305 e. The van der Waals surface area contributed by atoms with Crippen LogP contribution < -0.4 is 0 Å². The summed E-state index contributed by atoms with van der Waals surface area (Å²) in [5.74, 6) is -0.704. The third-order valence-corrected chi connectivity index (χ3v) is 3.12. The molecule has 0 heterocycles. The Labute approximate surface area is 113 Å². The van der Waals surface area contributed by atoms with Crippen molar-refractivity contribution < 1.29 is 18.7 Å². The Morgan fingerprint density at radius 2 is 2.00 bits per heavy atom. The number of hydrogen-bond acceptors (Lipinski definition) is 3. The predicted molar refractivity (Wildman–Crippen MR) is 68.7 cm³/mol. The van der Waals surface area contributed by atoms with Crippen LogP contribution in [0.2, 0.25) is 0 Å². The fourth-order valence-corrected chi connectivity index (χ4v) is 1.87. The summed E-state index contributed by atoms with van der Waals surface area (Å²) in [6, 6.07) is 4.66. The minimum atomic E-state index is -0.382. The molecule has 0 radical (unpaired) electrons. The van der Waals surface area contributed by atoms with Crippen LogP contribution in [0.3, 0.4) is 0 Å². The van der Waals surface area contributed by atoms with Crippen molar-refractivity contribution in [3.63, 3.8) is 0 Å². The van der Waals surface area contributed by atoms with Gasteiger partial charge in [-0.3, -0.25) is 9.59 Å². The van der Waals surface area contributed by atoms with E-state index in [9.17, 15) is 14.0 Å². The van der Waals surface area contributed by atoms with Crippen LogP contribution in [-0.2, 0) is 20.7 Å². The number of ether oxygens (including phenoxy) is 1. The molecule has 0 amide bonds. The molecule has 98 valence electrons. The van der Waals surface area contributed by atoms with Crippen LogP contribution in [-0.4, -0.2) is 18.9 Å². The first kappa shape index (κ1) is 14.8. The first-order chi connectivity index (χ1) is 8.52. The molecule has 1 aromatic rings. The second-order valence-electron chi connectivity index (χ2n) is 3.86. The summed E-state index contributed by atoms with van der Waals surface area (Å²) in [6.07, 6.45) is 1.19. The van der Waals surface area contributed by atoms with E-state index in [1.54, 1.807) is 12.1 Å². The molecule has 18 heavy (non-hydrogen) atoms. The number of ketones is 1. The molecule has 3 nitrogen and oxygen atoms in total. The van der Waals surface area contributed by atoms with Gasteiger partial charge >= 0.3 is 5.97 Å². The van der Waals surface area contributed by atoms with E-state index in [1.165, 1.54) is 13.2 Å². The lowest BCUT2D eigenvalue weighted by Gasteiger charge is -2.03. The molecule has 1 aromatic carbocycles. The van der Waals surface area contributed by atoms with Gasteiger partial charge in [0.25, 0.3) is 0 Å². The molecular formula is C13H14BrFO3. The number of benzene rings is 1. The molecule has 0 bridgehead atoms. The minimum absolute atomic E-state index is 0.000785. The highest BCUT2D eigenvalue weighted by Gasteiger charge is 2.08. The van der Waals surface area contributed by atoms with Gasteiger partial charge in [-0.1, -0.05) is 6.07 Å². The Bertz CT molecular complexity index is 446. The molecular weight excluding hydrogens is 303 g/mol. The fraction of sp³-hybridized carbons (Fsp3) is 0.385. The van der Waals surface area contributed by atoms with Crippen molar-refractivity contribution in [1.82, 2.24) is 0 Å². The van der Waals surface area contributed by atoms with E-state index >= 15 is 0 Å². The van der Waals surface area contributed by atoms with Gasteiger partial charge < -0.3 is 4.74 Å². The van der Waals surface area contributed by atoms with Crippen LogP contribution in [0.25, 0.3) is 0 Å². The number of Topliss-reactive ketones (excluding diaryl/α,β-unsaturated/α-hetero) is 1. The third kappa shape index (κ3) is 4.96. The number of rotatable bonds is 6. The second kappa shape index (κ2) is 7.26. The lowest BCUT2D eigenvalue weighted by molar-refractivity contribution is -0.141. The summed E-state index contributed by atoms with van der Waals surface area (Å²) in [5, 5.41) is 0. The van der Waals surface area contributed by atoms with Gasteiger partial charge in [0.2, 0.25) is 0 Å². The summed E-state index contributed by atoms with van der Waals surface area (Å²) < 4.78 is 17.8. The lowest BCUT2D eigenvalue weighted by Crippen LogP contribution is -2.06. The van der Waals surface area contributed by atoms with Gasteiger partial charge in [0.15, 0.2) is 0 Å². The Hall–Kier alpha value is -1.23. The highest BCUT2D eigenvalue weighted by molar-refractivity contribution is 9.10. The van der Waals surface area contributed by atoms with Crippen LogP contribution in [0.1, 0.15) is 24.8 Å². The summed E-state index contributed by atoms with van der Waals surface area (Å²) >= 11 is 3.09. The molecule has 5 heteroatoms. The zero-order valence-corrected chi connectivity index (χ0v) is 11.6. The van der Waals surface area contributed by atoms with Gasteiger partial charge in [0.05, 0.1) is 18.0 Å². The van der Waals surface area contributed by atoms with Crippen molar-refractivity contribution in [3.8, 4) is 0 Å². The van der Waals surface area contributed by atoms with Crippen LogP contribution in [0, 0.1) is 5.82 Å². The smallest absolute Gasteiger partial charge is 0.305 e. The first-order valence-corrected chi connectivity index (χ1v) is 6.34. The van der Waals surface area contributed by atoms with Gasteiger partial charge in [0, 0.05) is 12.8 Å². The molecule has 0 aliphatic heterocycles. The SMILES string of the molecule is COC(=O)CCC(=O)CCc1ccc(F)c(Br)c1. The van der Waals surface area contributed by atoms with Crippen molar-refractivity contribution in [2.75, 3.05) is 7.11 Å². The van der Waals surface area contributed by atoms with Crippen molar-refractivity contribution >= 4 is 27.7 Å². The second-order valence-corrected chi connectivity index (χ2v) is 4.72. The number of halogens is 2. The average Bonchev–Trinajstić information content (AvgIpc) is 2.37. The van der Waals surface area contributed by atoms with E-state index in [4.69, 9.17) is 0 Å². The quantitative estimate of drug-likeness (QED) is 0.758. The number of carbonyl (C=O) groups excluding carboxylic acids is 2. The van der Waals surface area contributed by atoms with E-state index in [0.717, 1.165) is 5.56 Å². The molecule has 0 spiro atoms. The van der Waals surface area contributed by atoms with Crippen LogP contribution in [0.15, 0.2) is 22.7 Å². The van der Waals surface area contributed by atoms with Crippen LogP contribution in [0.4, 0.5) is 4.39 Å². The molecule has 0 aliphatic rings. The molecule has 1 rings (SSSR count). The Morgan fingerprint density at radius 1 is 1.28 bits per heavy atom. The molecule has 0 saturated heterocycles. The van der Waals surface area contributed by atoms with E-state index in [0.29, 0.717) is 17.3 Å². The molecule has 0 aliphatic carbocycles. The molecule has 0 N–H and O–H groups in total. The summed E-state index contributed by atoms with van der Waals surface area (Å²) in [7, 11) is 1.29. The Kier molecular flexibility index (Phi) is 5.98. The Morgan fingerprint density at radius 3 is 2.61 bits per heavy atom. The molecule has 0 unspecified atom stereocenters. The van der Waals surface area contributed by atoms with Gasteiger partial charge in [-0.25, -0.2) is 4.39 Å². The predicted octanol–water partition coefficient (Wildman–Crippen LogP) is 3.04. The van der Waals surface area contributed by atoms with E-state index in [-0.39, 0.29) is 30.4 Å². The zero-order valence-electron chi connectivity index (χ0n) is 10.0. The molecule has 0 aromatic heterocycles. The van der Waals surface area contributed by atoms with E-state index in [1.807, 2.05) is 0 Å². The van der Waals surface area contributed by atoms with Crippen molar-refractivity contribution in [2.45, 2.75) is 25.7 Å². The standard InChI is InChI=1S/C13H14BrFO3/c1-18-13(17)7-5-10(16)4-2-9-3-6-12(15)11(14)8-9/h3,6,8H,2,4-5,7H2,1H3. The van der Waals surface area contributed by atoms with E-state index in [2.05, 4.69) is 20.7 Å². The number of carbonyl (C=O) groups is 2. The highest BCUT2D eigenvalue weighted by Crippen LogP contribution is 2.18. The average molecular weight is 317 g/mol. The van der Waals surface area contributed by atoms with E-state index < -0.39 is 0 Å². The Balaban J connectivity index is 2.38. The van der Waals surface area contributed by atoms with Crippen molar-refractivity contribution in [1.29, 1.82) is 0 Å². The fourth-order valence-electron chi connectivity index (χ4n) is 1.45. The summed E-state index contributed by atoms with van der Waals surface area (Å²) in [4.78, 5) is 22.3. The topological polar surface area (TPSA) is 43.4 Å². The summed E-state index contributed by atoms with van der Waals surface area (Å²) in [5.41, 5.74) is 0.884. The molecule has 0 fully saturated rings. The number of hydrogen-bond donors (Lipinski definition) is 0. The van der Waals surface area contributed by atoms with Crippen LogP contribution in [0.5, 0.6) is 0 Å². The van der Waals surface area contributed by atoms with Gasteiger partial charge in [0.1, 0.15) is 11.6 Å². The first-order valence-electron chi connectivity index (χ1n) is 5.55. The maximum absolute atomic E-state index is 13.0. The number of methoxy groups -OCH3 is 1. The van der Waals surface area contributed by atoms with Crippen molar-refractivity contribution in [3.05, 3.63) is 34.1 Å². The maximum atomic E-state index is 13.0. The van der Waals surface area contributed by atoms with Crippen molar-refractivity contribution in [2.24, 2.45) is 0 Å². The number of aryl methyl sites for hydroxylation is 1. The van der Waals surface area contributed by atoms with Gasteiger partial charge in [-0.05, 0) is 40.0 Å². The monoisotopic (exact) mass is 316 g/mol. The molecule has 0 atom stereocenters. The zero-order chi connectivity index (χ0) is 13.5. The highest BCUT2D eigenvalue weighted by atomic mass is 79.9. The van der Waals surface area contributed by atoms with Gasteiger partial charge in [-0.15, -0.1) is 0 Å². The third-order valence-electron chi connectivity index (χ3n) is 2.51.